The third-order valence-electron chi connectivity index (χ3n) is 5.46. The molecule has 0 radical (unpaired) electrons. The normalized spacial score (nSPS) is 14.8. The van der Waals surface area contributed by atoms with Gasteiger partial charge in [0.25, 0.3) is 5.91 Å². The van der Waals surface area contributed by atoms with E-state index in [9.17, 15) is 4.79 Å². The summed E-state index contributed by atoms with van der Waals surface area (Å²) in [6, 6.07) is 18.3. The number of hydrogen-bond acceptors (Lipinski definition) is 4. The van der Waals surface area contributed by atoms with E-state index in [-0.39, 0.29) is 5.91 Å². The first kappa shape index (κ1) is 21.0. The van der Waals surface area contributed by atoms with Gasteiger partial charge >= 0.3 is 0 Å². The summed E-state index contributed by atoms with van der Waals surface area (Å²) in [5, 5.41) is 4.09. The van der Waals surface area contributed by atoms with Crippen molar-refractivity contribution in [3.8, 4) is 0 Å². The number of ether oxygens (including phenoxy) is 1. The number of benzene rings is 2. The number of rotatable bonds is 9. The highest BCUT2D eigenvalue weighted by atomic mass is 32.2. The number of nitrogens with one attached hydrogen (secondary N) is 2. The Hall–Kier alpha value is -2.28. The maximum absolute atomic E-state index is 12.9. The molecule has 2 aromatic carbocycles. The molecule has 30 heavy (non-hydrogen) atoms. The topological polar surface area (TPSA) is 55.9 Å². The van der Waals surface area contributed by atoms with Crippen LogP contribution in [-0.2, 0) is 16.2 Å². The van der Waals surface area contributed by atoms with Crippen LogP contribution in [0.15, 0.2) is 59.0 Å². The smallest absolute Gasteiger partial charge is 0.287 e. The van der Waals surface area contributed by atoms with Crippen LogP contribution in [0.5, 0.6) is 0 Å². The molecule has 2 heterocycles. The molecule has 158 valence electrons. The maximum Gasteiger partial charge on any atom is 0.287 e. The van der Waals surface area contributed by atoms with Crippen LogP contribution < -0.4 is 10.2 Å². The maximum atomic E-state index is 12.9. The number of quaternary nitrogens is 1. The molecule has 0 spiro atoms. The Balaban J connectivity index is 1.36. The summed E-state index contributed by atoms with van der Waals surface area (Å²) in [4.78, 5) is 14.4. The van der Waals surface area contributed by atoms with E-state index in [1.165, 1.54) is 5.56 Å². The first-order chi connectivity index (χ1) is 14.8. The molecular formula is C24H29N2O3S+. The highest BCUT2D eigenvalue weighted by molar-refractivity contribution is 7.97. The van der Waals surface area contributed by atoms with Gasteiger partial charge in [0.1, 0.15) is 18.7 Å². The minimum atomic E-state index is -0.113. The standard InChI is InChI=1S/C24H28N2O3S/c27-24(25-11-6-12-26-13-15-28-16-14-26)23-21(20-9-4-5-10-22(20)29-23)18-30-17-19-7-2-1-3-8-19/h1-5,7-10H,6,11-18H2,(H,25,27)/p+1. The number of carbonyl (C=O) groups excluding carboxylic acids is 1. The van der Waals surface area contributed by atoms with E-state index in [0.717, 1.165) is 67.3 Å². The van der Waals surface area contributed by atoms with Gasteiger partial charge in [0.15, 0.2) is 5.76 Å². The molecule has 1 fully saturated rings. The number of hydrogen-bond donors (Lipinski definition) is 2. The molecule has 4 rings (SSSR count). The lowest BCUT2D eigenvalue weighted by Crippen LogP contribution is -3.14. The van der Waals surface area contributed by atoms with Crippen molar-refractivity contribution < 1.29 is 18.8 Å². The first-order valence-corrected chi connectivity index (χ1v) is 11.8. The van der Waals surface area contributed by atoms with Crippen LogP contribution >= 0.6 is 11.8 Å². The minimum absolute atomic E-state index is 0.113. The Labute approximate surface area is 181 Å². The zero-order valence-electron chi connectivity index (χ0n) is 17.2. The van der Waals surface area contributed by atoms with Crippen LogP contribution in [0.4, 0.5) is 0 Å². The van der Waals surface area contributed by atoms with E-state index in [4.69, 9.17) is 9.15 Å². The van der Waals surface area contributed by atoms with Crippen molar-refractivity contribution in [3.05, 3.63) is 71.5 Å². The Morgan fingerprint density at radius 3 is 2.60 bits per heavy atom. The average molecular weight is 426 g/mol. The number of para-hydroxylation sites is 1. The Morgan fingerprint density at radius 2 is 1.77 bits per heavy atom. The van der Waals surface area contributed by atoms with Crippen LogP contribution in [0.25, 0.3) is 11.0 Å². The van der Waals surface area contributed by atoms with Gasteiger partial charge in [-0.05, 0) is 11.6 Å². The number of fused-ring (bicyclic) bond motifs is 1. The van der Waals surface area contributed by atoms with Crippen LogP contribution in [0, 0.1) is 0 Å². The van der Waals surface area contributed by atoms with Crippen molar-refractivity contribution in [1.29, 1.82) is 0 Å². The van der Waals surface area contributed by atoms with Crippen LogP contribution in [0.1, 0.15) is 28.1 Å². The number of carbonyl (C=O) groups is 1. The second-order valence-corrected chi connectivity index (χ2v) is 8.59. The van der Waals surface area contributed by atoms with Crippen molar-refractivity contribution in [1.82, 2.24) is 5.32 Å². The summed E-state index contributed by atoms with van der Waals surface area (Å²) in [6.07, 6.45) is 0.958. The molecule has 3 aromatic rings. The summed E-state index contributed by atoms with van der Waals surface area (Å²) < 4.78 is 11.4. The van der Waals surface area contributed by atoms with Crippen LogP contribution in [0.3, 0.4) is 0 Å². The fourth-order valence-electron chi connectivity index (χ4n) is 3.80. The highest BCUT2D eigenvalue weighted by Crippen LogP contribution is 2.30. The summed E-state index contributed by atoms with van der Waals surface area (Å²) in [5.41, 5.74) is 3.05. The third kappa shape index (κ3) is 5.45. The van der Waals surface area contributed by atoms with Crippen molar-refractivity contribution >= 4 is 28.6 Å². The zero-order chi connectivity index (χ0) is 20.6. The molecule has 0 atom stereocenters. The van der Waals surface area contributed by atoms with E-state index >= 15 is 0 Å². The van der Waals surface area contributed by atoms with Crippen molar-refractivity contribution in [2.45, 2.75) is 17.9 Å². The SMILES string of the molecule is O=C(NCCC[NH+]1CCOCC1)c1oc2ccccc2c1CSCc1ccccc1. The van der Waals surface area contributed by atoms with E-state index in [1.54, 1.807) is 16.7 Å². The Bertz CT molecular complexity index is 951. The van der Waals surface area contributed by atoms with Gasteiger partial charge in [-0.2, -0.15) is 11.8 Å². The van der Waals surface area contributed by atoms with E-state index in [1.807, 2.05) is 30.3 Å². The van der Waals surface area contributed by atoms with Gasteiger partial charge in [0.2, 0.25) is 0 Å². The molecule has 2 N–H and O–H groups in total. The lowest BCUT2D eigenvalue weighted by Gasteiger charge is -2.23. The molecule has 0 unspecified atom stereocenters. The first-order valence-electron chi connectivity index (χ1n) is 10.6. The quantitative estimate of drug-likeness (QED) is 0.518. The minimum Gasteiger partial charge on any atom is -0.451 e. The van der Waals surface area contributed by atoms with Gasteiger partial charge < -0.3 is 19.4 Å². The summed E-state index contributed by atoms with van der Waals surface area (Å²) in [5.74, 6) is 1.99. The molecule has 1 aromatic heterocycles. The Morgan fingerprint density at radius 1 is 1.00 bits per heavy atom. The lowest BCUT2D eigenvalue weighted by atomic mass is 10.1. The summed E-state index contributed by atoms with van der Waals surface area (Å²) >= 11 is 1.80. The molecule has 1 amide bonds. The molecule has 6 heteroatoms. The number of furan rings is 1. The van der Waals surface area contributed by atoms with Gasteiger partial charge in [-0.3, -0.25) is 4.79 Å². The summed E-state index contributed by atoms with van der Waals surface area (Å²) in [7, 11) is 0. The van der Waals surface area contributed by atoms with Gasteiger partial charge in [-0.25, -0.2) is 0 Å². The van der Waals surface area contributed by atoms with Crippen molar-refractivity contribution in [2.24, 2.45) is 0 Å². The highest BCUT2D eigenvalue weighted by Gasteiger charge is 2.20. The van der Waals surface area contributed by atoms with Gasteiger partial charge in [0, 0.05) is 35.4 Å². The molecule has 5 nitrogen and oxygen atoms in total. The van der Waals surface area contributed by atoms with E-state index in [0.29, 0.717) is 12.3 Å². The molecule has 0 aliphatic carbocycles. The predicted molar refractivity (Wildman–Crippen MR) is 121 cm³/mol. The summed E-state index contributed by atoms with van der Waals surface area (Å²) in [6.45, 7) is 5.51. The van der Waals surface area contributed by atoms with Crippen LogP contribution in [0.2, 0.25) is 0 Å². The lowest BCUT2D eigenvalue weighted by molar-refractivity contribution is -0.908. The molecular weight excluding hydrogens is 396 g/mol. The van der Waals surface area contributed by atoms with Gasteiger partial charge in [0.05, 0.1) is 19.8 Å². The van der Waals surface area contributed by atoms with Gasteiger partial charge in [-0.15, -0.1) is 0 Å². The number of morpholine rings is 1. The van der Waals surface area contributed by atoms with Crippen molar-refractivity contribution in [2.75, 3.05) is 39.4 Å². The van der Waals surface area contributed by atoms with Crippen molar-refractivity contribution in [3.63, 3.8) is 0 Å². The third-order valence-corrected chi connectivity index (χ3v) is 6.49. The van der Waals surface area contributed by atoms with E-state index < -0.39 is 0 Å². The monoisotopic (exact) mass is 425 g/mol. The molecule has 1 aliphatic rings. The second-order valence-electron chi connectivity index (χ2n) is 7.61. The zero-order valence-corrected chi connectivity index (χ0v) is 18.0. The molecule has 0 saturated carbocycles. The molecule has 1 aliphatic heterocycles. The predicted octanol–water partition coefficient (Wildman–Crippen LogP) is 2.90. The van der Waals surface area contributed by atoms with Crippen LogP contribution in [-0.4, -0.2) is 45.3 Å². The fourth-order valence-corrected chi connectivity index (χ4v) is 4.82. The average Bonchev–Trinajstić information content (AvgIpc) is 3.17. The van der Waals surface area contributed by atoms with Gasteiger partial charge in [-0.1, -0.05) is 48.5 Å². The fraction of sp³-hybridized carbons (Fsp3) is 0.375. The number of amides is 1. The van der Waals surface area contributed by atoms with E-state index in [2.05, 4.69) is 29.6 Å². The number of thioether (sulfide) groups is 1. The largest absolute Gasteiger partial charge is 0.451 e. The Kier molecular flexibility index (Phi) is 7.45. The molecule has 0 bridgehead atoms. The molecule has 1 saturated heterocycles. The second kappa shape index (κ2) is 10.7.